The van der Waals surface area contributed by atoms with Crippen LogP contribution in [0.15, 0.2) is 30.3 Å². The second kappa shape index (κ2) is 5.63. The van der Waals surface area contributed by atoms with E-state index in [0.29, 0.717) is 6.42 Å². The normalized spacial score (nSPS) is 11.2. The van der Waals surface area contributed by atoms with Crippen LogP contribution in [0.3, 0.4) is 0 Å². The van der Waals surface area contributed by atoms with Crippen molar-refractivity contribution in [1.82, 2.24) is 5.32 Å². The Bertz CT molecular complexity index is 333. The fourth-order valence-corrected chi connectivity index (χ4v) is 1.51. The van der Waals surface area contributed by atoms with E-state index in [1.165, 1.54) is 21.1 Å². The van der Waals surface area contributed by atoms with Crippen molar-refractivity contribution < 1.29 is 14.3 Å². The van der Waals surface area contributed by atoms with Crippen molar-refractivity contribution in [3.8, 4) is 0 Å². The lowest BCUT2D eigenvalue weighted by atomic mass is 10.1. The zero-order valence-electron chi connectivity index (χ0n) is 9.82. The quantitative estimate of drug-likeness (QED) is 0.766. The van der Waals surface area contributed by atoms with E-state index in [2.05, 4.69) is 5.32 Å². The molecule has 4 nitrogen and oxygen atoms in total. The van der Waals surface area contributed by atoms with Gasteiger partial charge in [-0.05, 0) is 5.56 Å². The van der Waals surface area contributed by atoms with E-state index >= 15 is 0 Å². The first-order valence-corrected chi connectivity index (χ1v) is 5.05. The van der Waals surface area contributed by atoms with Crippen LogP contribution in [0.25, 0.3) is 0 Å². The van der Waals surface area contributed by atoms with Gasteiger partial charge in [0.15, 0.2) is 0 Å². The molecule has 4 heteroatoms. The van der Waals surface area contributed by atoms with Gasteiger partial charge in [-0.15, -0.1) is 0 Å². The predicted octanol–water partition coefficient (Wildman–Crippen LogP) is 1.31. The van der Waals surface area contributed by atoms with Crippen LogP contribution in [0.4, 0.5) is 0 Å². The molecule has 0 aliphatic carbocycles. The van der Waals surface area contributed by atoms with Crippen LogP contribution < -0.4 is 5.32 Å². The van der Waals surface area contributed by atoms with Crippen LogP contribution in [-0.4, -0.2) is 26.0 Å². The minimum atomic E-state index is -1.09. The van der Waals surface area contributed by atoms with Crippen LogP contribution in [0.2, 0.25) is 0 Å². The van der Waals surface area contributed by atoms with Crippen molar-refractivity contribution >= 4 is 5.91 Å². The number of nitrogens with one attached hydrogen (secondary N) is 1. The number of ether oxygens (including phenoxy) is 2. The first kappa shape index (κ1) is 12.7. The Morgan fingerprint density at radius 2 is 1.81 bits per heavy atom. The zero-order valence-corrected chi connectivity index (χ0v) is 9.82. The number of hydrogen-bond acceptors (Lipinski definition) is 3. The standard InChI is InChI=1S/C12H17NO3/c1-10(14)13-12(15-2,16-3)9-11-7-5-4-6-8-11/h4-8H,9H2,1-3H3,(H,13,14). The van der Waals surface area contributed by atoms with Crippen LogP contribution >= 0.6 is 0 Å². The molecule has 0 atom stereocenters. The average Bonchev–Trinajstić information content (AvgIpc) is 2.29. The smallest absolute Gasteiger partial charge is 0.255 e. The van der Waals surface area contributed by atoms with Gasteiger partial charge < -0.3 is 14.8 Å². The van der Waals surface area contributed by atoms with Crippen LogP contribution in [0.1, 0.15) is 12.5 Å². The fraction of sp³-hybridized carbons (Fsp3) is 0.417. The van der Waals surface area contributed by atoms with Crippen LogP contribution in [0, 0.1) is 0 Å². The molecule has 0 aromatic heterocycles. The summed E-state index contributed by atoms with van der Waals surface area (Å²) < 4.78 is 10.5. The Balaban J connectivity index is 2.82. The summed E-state index contributed by atoms with van der Waals surface area (Å²) in [6.45, 7) is 1.43. The molecule has 0 aliphatic heterocycles. The fourth-order valence-electron chi connectivity index (χ4n) is 1.51. The monoisotopic (exact) mass is 223 g/mol. The van der Waals surface area contributed by atoms with E-state index < -0.39 is 5.91 Å². The molecule has 1 aromatic carbocycles. The topological polar surface area (TPSA) is 47.6 Å². The van der Waals surface area contributed by atoms with Crippen LogP contribution in [0.5, 0.6) is 0 Å². The highest BCUT2D eigenvalue weighted by Gasteiger charge is 2.30. The Kier molecular flexibility index (Phi) is 4.46. The highest BCUT2D eigenvalue weighted by molar-refractivity contribution is 5.73. The minimum absolute atomic E-state index is 0.195. The number of carbonyl (C=O) groups is 1. The van der Waals surface area contributed by atoms with E-state index in [-0.39, 0.29) is 5.91 Å². The van der Waals surface area contributed by atoms with Crippen molar-refractivity contribution in [2.45, 2.75) is 19.3 Å². The molecule has 1 rings (SSSR count). The lowest BCUT2D eigenvalue weighted by molar-refractivity contribution is -0.225. The van der Waals surface area contributed by atoms with E-state index in [4.69, 9.17) is 9.47 Å². The first-order valence-electron chi connectivity index (χ1n) is 5.05. The zero-order chi connectivity index (χ0) is 12.0. The van der Waals surface area contributed by atoms with Gasteiger partial charge in [-0.25, -0.2) is 0 Å². The molecule has 1 aromatic rings. The summed E-state index contributed by atoms with van der Waals surface area (Å²) in [7, 11) is 3.00. The van der Waals surface area contributed by atoms with E-state index in [9.17, 15) is 4.79 Å². The van der Waals surface area contributed by atoms with Crippen molar-refractivity contribution in [3.63, 3.8) is 0 Å². The van der Waals surface area contributed by atoms with Gasteiger partial charge in [0.05, 0.1) is 0 Å². The molecule has 0 bridgehead atoms. The molecule has 88 valence electrons. The molecular weight excluding hydrogens is 206 g/mol. The third-order valence-electron chi connectivity index (χ3n) is 2.31. The molecule has 0 unspecified atom stereocenters. The number of carbonyl (C=O) groups excluding carboxylic acids is 1. The Labute approximate surface area is 95.6 Å². The third kappa shape index (κ3) is 3.32. The molecule has 0 saturated carbocycles. The summed E-state index contributed by atoms with van der Waals surface area (Å²) in [6, 6.07) is 9.70. The maximum absolute atomic E-state index is 11.1. The Hall–Kier alpha value is -1.39. The lowest BCUT2D eigenvalue weighted by Gasteiger charge is -2.31. The Morgan fingerprint density at radius 3 is 2.25 bits per heavy atom. The molecule has 1 N–H and O–H groups in total. The lowest BCUT2D eigenvalue weighted by Crippen LogP contribution is -2.52. The van der Waals surface area contributed by atoms with Gasteiger partial charge in [-0.2, -0.15) is 0 Å². The van der Waals surface area contributed by atoms with Gasteiger partial charge in [0.25, 0.3) is 5.91 Å². The van der Waals surface area contributed by atoms with Crippen molar-refractivity contribution in [1.29, 1.82) is 0 Å². The van der Waals surface area contributed by atoms with E-state index in [0.717, 1.165) is 5.56 Å². The van der Waals surface area contributed by atoms with Gasteiger partial charge >= 0.3 is 0 Å². The van der Waals surface area contributed by atoms with Crippen molar-refractivity contribution in [2.24, 2.45) is 0 Å². The van der Waals surface area contributed by atoms with Crippen LogP contribution in [-0.2, 0) is 20.7 Å². The highest BCUT2D eigenvalue weighted by atomic mass is 16.7. The van der Waals surface area contributed by atoms with Gasteiger partial charge in [0.2, 0.25) is 5.91 Å². The molecule has 0 spiro atoms. The summed E-state index contributed by atoms with van der Waals surface area (Å²) in [4.78, 5) is 11.1. The maximum Gasteiger partial charge on any atom is 0.255 e. The molecule has 0 radical (unpaired) electrons. The second-order valence-electron chi connectivity index (χ2n) is 3.50. The van der Waals surface area contributed by atoms with E-state index in [1.54, 1.807) is 0 Å². The maximum atomic E-state index is 11.1. The summed E-state index contributed by atoms with van der Waals surface area (Å²) in [5, 5.41) is 2.66. The Morgan fingerprint density at radius 1 is 1.25 bits per heavy atom. The SMILES string of the molecule is COC(Cc1ccccc1)(NC(C)=O)OC. The first-order chi connectivity index (χ1) is 7.62. The van der Waals surface area contributed by atoms with Crippen molar-refractivity contribution in [3.05, 3.63) is 35.9 Å². The summed E-state index contributed by atoms with van der Waals surface area (Å²) in [5.74, 6) is -1.28. The van der Waals surface area contributed by atoms with Gasteiger partial charge in [-0.3, -0.25) is 4.79 Å². The predicted molar refractivity (Wildman–Crippen MR) is 60.7 cm³/mol. The third-order valence-corrected chi connectivity index (χ3v) is 2.31. The molecule has 0 heterocycles. The molecule has 0 fully saturated rings. The number of methoxy groups -OCH3 is 2. The molecule has 0 aliphatic rings. The number of rotatable bonds is 5. The second-order valence-corrected chi connectivity index (χ2v) is 3.50. The van der Waals surface area contributed by atoms with Gasteiger partial charge in [0.1, 0.15) is 0 Å². The van der Waals surface area contributed by atoms with Gasteiger partial charge in [-0.1, -0.05) is 30.3 Å². The average molecular weight is 223 g/mol. The minimum Gasteiger partial charge on any atom is -0.336 e. The summed E-state index contributed by atoms with van der Waals surface area (Å²) in [6.07, 6.45) is 0.459. The number of hydrogen-bond donors (Lipinski definition) is 1. The number of amides is 1. The van der Waals surface area contributed by atoms with Gasteiger partial charge in [0, 0.05) is 27.6 Å². The van der Waals surface area contributed by atoms with E-state index in [1.807, 2.05) is 30.3 Å². The molecule has 16 heavy (non-hydrogen) atoms. The molecule has 1 amide bonds. The number of benzene rings is 1. The summed E-state index contributed by atoms with van der Waals surface area (Å²) >= 11 is 0. The molecule has 0 saturated heterocycles. The largest absolute Gasteiger partial charge is 0.336 e. The molecular formula is C12H17NO3. The highest BCUT2D eigenvalue weighted by Crippen LogP contribution is 2.15. The van der Waals surface area contributed by atoms with Crippen molar-refractivity contribution in [2.75, 3.05) is 14.2 Å². The summed E-state index contributed by atoms with van der Waals surface area (Å²) in [5.41, 5.74) is 1.03.